The Labute approximate surface area is 129 Å². The second-order valence-corrected chi connectivity index (χ2v) is 5.52. The molecule has 112 valence electrons. The Kier molecular flexibility index (Phi) is 3.63. The van der Waals surface area contributed by atoms with Crippen molar-refractivity contribution in [1.82, 2.24) is 29.3 Å². The molecule has 0 fully saturated rings. The molecule has 1 aromatic carbocycles. The molecule has 8 nitrogen and oxygen atoms in total. The highest BCUT2D eigenvalue weighted by molar-refractivity contribution is 7.99. The summed E-state index contributed by atoms with van der Waals surface area (Å²) in [6, 6.07) is 10.8. The van der Waals surface area contributed by atoms with Gasteiger partial charge in [0.25, 0.3) is 5.56 Å². The third-order valence-electron chi connectivity index (χ3n) is 3.12. The zero-order valence-electron chi connectivity index (χ0n) is 11.9. The lowest BCUT2D eigenvalue weighted by molar-refractivity contribution is 0.634. The molecule has 2 aromatic heterocycles. The van der Waals surface area contributed by atoms with Crippen molar-refractivity contribution in [3.05, 3.63) is 57.2 Å². The van der Waals surface area contributed by atoms with Crippen LogP contribution in [0.15, 0.2) is 56.2 Å². The summed E-state index contributed by atoms with van der Waals surface area (Å²) in [5, 5.41) is 12.5. The lowest BCUT2D eigenvalue weighted by Crippen LogP contribution is -2.37. The Morgan fingerprint density at radius 1 is 1.05 bits per heavy atom. The van der Waals surface area contributed by atoms with Gasteiger partial charge in [0.2, 0.25) is 5.16 Å². The van der Waals surface area contributed by atoms with Crippen molar-refractivity contribution in [3.63, 3.8) is 0 Å². The van der Waals surface area contributed by atoms with E-state index in [1.807, 2.05) is 30.3 Å². The van der Waals surface area contributed by atoms with Gasteiger partial charge < -0.3 is 0 Å². The minimum absolute atomic E-state index is 0.371. The number of tetrazole rings is 1. The maximum Gasteiger partial charge on any atom is 0.331 e. The molecule has 0 radical (unpaired) electrons. The topological polar surface area (TPSA) is 87.6 Å². The molecule has 0 unspecified atom stereocenters. The van der Waals surface area contributed by atoms with Gasteiger partial charge in [0.05, 0.1) is 10.7 Å². The van der Waals surface area contributed by atoms with Gasteiger partial charge in [-0.1, -0.05) is 18.2 Å². The van der Waals surface area contributed by atoms with Gasteiger partial charge in [-0.3, -0.25) is 13.9 Å². The molecule has 22 heavy (non-hydrogen) atoms. The number of hydrogen-bond donors (Lipinski definition) is 0. The zero-order chi connectivity index (χ0) is 15.7. The second kappa shape index (κ2) is 5.60. The quantitative estimate of drug-likeness (QED) is 0.642. The summed E-state index contributed by atoms with van der Waals surface area (Å²) in [7, 11) is 3.04. The standard InChI is InChI=1S/C13H12N6O2S/c1-17-10(20)8-11(18(2)13(17)21)22-12-14-15-16-19(12)9-6-4-3-5-7-9/h3-8H,1-2H3. The Balaban J connectivity index is 2.05. The van der Waals surface area contributed by atoms with Crippen LogP contribution in [0.1, 0.15) is 0 Å². The zero-order valence-corrected chi connectivity index (χ0v) is 12.7. The molecule has 0 saturated carbocycles. The highest BCUT2D eigenvalue weighted by Gasteiger charge is 2.13. The van der Waals surface area contributed by atoms with Crippen molar-refractivity contribution >= 4 is 11.8 Å². The largest absolute Gasteiger partial charge is 0.331 e. The molecule has 9 heteroatoms. The van der Waals surface area contributed by atoms with Crippen molar-refractivity contribution in [3.8, 4) is 5.69 Å². The first-order valence-corrected chi connectivity index (χ1v) is 7.18. The Morgan fingerprint density at radius 3 is 2.50 bits per heavy atom. The van der Waals surface area contributed by atoms with Crippen LogP contribution in [0.2, 0.25) is 0 Å². The minimum atomic E-state index is -0.395. The summed E-state index contributed by atoms with van der Waals surface area (Å²) < 4.78 is 3.98. The summed E-state index contributed by atoms with van der Waals surface area (Å²) in [5.74, 6) is 0. The molecular formula is C13H12N6O2S. The van der Waals surface area contributed by atoms with Crippen LogP contribution >= 0.6 is 11.8 Å². The normalized spacial score (nSPS) is 10.8. The van der Waals surface area contributed by atoms with Gasteiger partial charge in [-0.15, -0.1) is 5.10 Å². The SMILES string of the molecule is Cn1c(Sc2nnnn2-c2ccccc2)cc(=O)n(C)c1=O. The summed E-state index contributed by atoms with van der Waals surface area (Å²) in [5.41, 5.74) is 0.0295. The van der Waals surface area contributed by atoms with E-state index in [0.29, 0.717) is 10.2 Å². The summed E-state index contributed by atoms with van der Waals surface area (Å²) in [4.78, 5) is 23.7. The molecular weight excluding hydrogens is 304 g/mol. The maximum absolute atomic E-state index is 11.9. The van der Waals surface area contributed by atoms with Gasteiger partial charge in [0, 0.05) is 20.2 Å². The van der Waals surface area contributed by atoms with Gasteiger partial charge in [-0.05, 0) is 34.3 Å². The number of nitrogens with zero attached hydrogens (tertiary/aromatic N) is 6. The predicted octanol–water partition coefficient (Wildman–Crippen LogP) is 0.211. The van der Waals surface area contributed by atoms with Crippen molar-refractivity contribution in [2.75, 3.05) is 0 Å². The van der Waals surface area contributed by atoms with Crippen LogP contribution in [0.5, 0.6) is 0 Å². The van der Waals surface area contributed by atoms with E-state index in [0.717, 1.165) is 22.0 Å². The maximum atomic E-state index is 11.9. The summed E-state index contributed by atoms with van der Waals surface area (Å²) >= 11 is 1.16. The molecule has 0 spiro atoms. The van der Waals surface area contributed by atoms with Crippen molar-refractivity contribution < 1.29 is 0 Å². The summed E-state index contributed by atoms with van der Waals surface area (Å²) in [6.07, 6.45) is 0. The highest BCUT2D eigenvalue weighted by Crippen LogP contribution is 2.24. The number of hydrogen-bond acceptors (Lipinski definition) is 6. The monoisotopic (exact) mass is 316 g/mol. The third-order valence-corrected chi connectivity index (χ3v) is 4.16. The number of benzene rings is 1. The fraction of sp³-hybridized carbons (Fsp3) is 0.154. The number of rotatable bonds is 3. The fourth-order valence-corrected chi connectivity index (χ4v) is 2.75. The molecule has 0 aliphatic carbocycles. The van der Waals surface area contributed by atoms with Crippen molar-refractivity contribution in [2.45, 2.75) is 10.2 Å². The van der Waals surface area contributed by atoms with Crippen LogP contribution in [0, 0.1) is 0 Å². The minimum Gasteiger partial charge on any atom is -0.291 e. The predicted molar refractivity (Wildman–Crippen MR) is 80.2 cm³/mol. The van der Waals surface area contributed by atoms with E-state index < -0.39 is 5.69 Å². The van der Waals surface area contributed by atoms with Crippen LogP contribution in [-0.4, -0.2) is 29.3 Å². The smallest absolute Gasteiger partial charge is 0.291 e. The first kappa shape index (κ1) is 14.3. The average Bonchev–Trinajstić information content (AvgIpc) is 2.99. The van der Waals surface area contributed by atoms with Crippen molar-refractivity contribution in [2.24, 2.45) is 14.1 Å². The van der Waals surface area contributed by atoms with Crippen LogP contribution in [-0.2, 0) is 14.1 Å². The van der Waals surface area contributed by atoms with E-state index in [2.05, 4.69) is 15.5 Å². The molecule has 3 rings (SSSR count). The molecule has 0 aliphatic rings. The number of aromatic nitrogens is 6. The summed E-state index contributed by atoms with van der Waals surface area (Å²) in [6.45, 7) is 0. The van der Waals surface area contributed by atoms with Gasteiger partial charge in [-0.2, -0.15) is 4.68 Å². The van der Waals surface area contributed by atoms with Gasteiger partial charge in [-0.25, -0.2) is 4.79 Å². The lowest BCUT2D eigenvalue weighted by atomic mass is 10.3. The Morgan fingerprint density at radius 2 is 1.77 bits per heavy atom. The van der Waals surface area contributed by atoms with E-state index >= 15 is 0 Å². The Hall–Kier alpha value is -2.68. The van der Waals surface area contributed by atoms with Gasteiger partial charge in [0.15, 0.2) is 0 Å². The van der Waals surface area contributed by atoms with Crippen LogP contribution in [0.4, 0.5) is 0 Å². The molecule has 0 amide bonds. The molecule has 2 heterocycles. The van der Waals surface area contributed by atoms with Crippen molar-refractivity contribution in [1.29, 1.82) is 0 Å². The highest BCUT2D eigenvalue weighted by atomic mass is 32.2. The third kappa shape index (κ3) is 2.46. The van der Waals surface area contributed by atoms with E-state index in [1.165, 1.54) is 17.7 Å². The first-order valence-electron chi connectivity index (χ1n) is 6.36. The van der Waals surface area contributed by atoms with E-state index in [4.69, 9.17) is 0 Å². The molecule has 3 aromatic rings. The average molecular weight is 316 g/mol. The second-order valence-electron chi connectivity index (χ2n) is 4.53. The van der Waals surface area contributed by atoms with Crippen LogP contribution in [0.3, 0.4) is 0 Å². The van der Waals surface area contributed by atoms with Gasteiger partial charge in [0.1, 0.15) is 0 Å². The molecule has 0 aliphatic heterocycles. The van der Waals surface area contributed by atoms with Crippen LogP contribution < -0.4 is 11.2 Å². The molecule has 0 saturated heterocycles. The van der Waals surface area contributed by atoms with E-state index in [9.17, 15) is 9.59 Å². The first-order chi connectivity index (χ1) is 10.6. The lowest BCUT2D eigenvalue weighted by Gasteiger charge is -2.08. The molecule has 0 atom stereocenters. The van der Waals surface area contributed by atoms with E-state index in [1.54, 1.807) is 11.7 Å². The van der Waals surface area contributed by atoms with E-state index in [-0.39, 0.29) is 5.56 Å². The van der Waals surface area contributed by atoms with Gasteiger partial charge >= 0.3 is 5.69 Å². The fourth-order valence-electron chi connectivity index (χ4n) is 1.88. The molecule has 0 N–H and O–H groups in total. The number of para-hydroxylation sites is 1. The van der Waals surface area contributed by atoms with Crippen LogP contribution in [0.25, 0.3) is 5.69 Å². The Bertz CT molecular complexity index is 928. The molecule has 0 bridgehead atoms.